The third-order valence-corrected chi connectivity index (χ3v) is 9.51. The number of amides is 4. The number of nitrogens with zero attached hydrogens (tertiary/aromatic N) is 2. The first-order valence-electron chi connectivity index (χ1n) is 13.8. The Morgan fingerprint density at radius 1 is 0.925 bits per heavy atom. The molecule has 40 heavy (non-hydrogen) atoms. The Balaban J connectivity index is 1.56. The fourth-order valence-electron chi connectivity index (χ4n) is 7.81. The van der Waals surface area contributed by atoms with E-state index in [1.54, 1.807) is 49.4 Å². The molecule has 8 nitrogen and oxygen atoms in total. The van der Waals surface area contributed by atoms with Crippen LogP contribution in [0.4, 0.5) is 5.69 Å². The van der Waals surface area contributed by atoms with Crippen LogP contribution in [0.1, 0.15) is 52.0 Å². The van der Waals surface area contributed by atoms with Gasteiger partial charge >= 0.3 is 0 Å². The Labute approximate surface area is 233 Å². The zero-order valence-electron chi connectivity index (χ0n) is 23.4. The lowest BCUT2D eigenvalue weighted by atomic mass is 9.51. The molecular weight excluding hydrogens is 508 g/mol. The maximum absolute atomic E-state index is 14.4. The van der Waals surface area contributed by atoms with E-state index >= 15 is 0 Å². The van der Waals surface area contributed by atoms with Crippen molar-refractivity contribution in [3.05, 3.63) is 65.7 Å². The van der Waals surface area contributed by atoms with Gasteiger partial charge in [-0.2, -0.15) is 0 Å². The number of anilines is 1. The summed E-state index contributed by atoms with van der Waals surface area (Å²) in [5, 5.41) is 11.2. The zero-order chi connectivity index (χ0) is 28.7. The minimum atomic E-state index is -1.25. The van der Waals surface area contributed by atoms with E-state index in [-0.39, 0.29) is 35.8 Å². The van der Waals surface area contributed by atoms with Crippen LogP contribution in [0.5, 0.6) is 11.5 Å². The molecule has 2 heterocycles. The standard InChI is InChI=1S/C32H34N2O6/c1-31(2,3)34-27(36)19-15-14-18-20(24(19)29(34)38)16-21-28(37)33(17-10-7-6-8-11-17)30(39)32(21,4)26(18)25-22(35)12-9-13-23(25)40-5/h6-14,19-21,24,26,35H,15-16H2,1-5H3/t19-,20+,21-,24-,26+,32+/m0/s1. The van der Waals surface area contributed by atoms with Crippen molar-refractivity contribution < 1.29 is 29.0 Å². The second kappa shape index (κ2) is 8.78. The number of likely N-dealkylation sites (tertiary alicyclic amines) is 1. The summed E-state index contributed by atoms with van der Waals surface area (Å²) in [7, 11) is 1.50. The largest absolute Gasteiger partial charge is 0.508 e. The van der Waals surface area contributed by atoms with Crippen LogP contribution in [0.3, 0.4) is 0 Å². The van der Waals surface area contributed by atoms with E-state index in [9.17, 15) is 24.3 Å². The Bertz CT molecular complexity index is 1470. The van der Waals surface area contributed by atoms with Crippen molar-refractivity contribution in [3.8, 4) is 11.5 Å². The van der Waals surface area contributed by atoms with Crippen LogP contribution in [-0.4, -0.2) is 46.3 Å². The number of fused-ring (bicyclic) bond motifs is 4. The molecule has 0 aromatic heterocycles. The molecule has 4 amide bonds. The monoisotopic (exact) mass is 542 g/mol. The van der Waals surface area contributed by atoms with Crippen molar-refractivity contribution in [3.63, 3.8) is 0 Å². The molecule has 6 rings (SSSR count). The van der Waals surface area contributed by atoms with Gasteiger partial charge in [-0.3, -0.25) is 24.1 Å². The van der Waals surface area contributed by atoms with E-state index in [2.05, 4.69) is 0 Å². The van der Waals surface area contributed by atoms with Crippen molar-refractivity contribution in [1.82, 2.24) is 4.90 Å². The number of carbonyl (C=O) groups excluding carboxylic acids is 4. The molecule has 8 heteroatoms. The van der Waals surface area contributed by atoms with Crippen LogP contribution >= 0.6 is 0 Å². The number of methoxy groups -OCH3 is 1. The van der Waals surface area contributed by atoms with Crippen LogP contribution < -0.4 is 9.64 Å². The summed E-state index contributed by atoms with van der Waals surface area (Å²) in [5.41, 5.74) is -0.209. The molecule has 1 N–H and O–H groups in total. The van der Waals surface area contributed by atoms with Gasteiger partial charge in [-0.1, -0.05) is 35.9 Å². The van der Waals surface area contributed by atoms with Gasteiger partial charge in [-0.25, -0.2) is 4.90 Å². The number of carbonyl (C=O) groups is 4. The maximum Gasteiger partial charge on any atom is 0.241 e. The fourth-order valence-corrected chi connectivity index (χ4v) is 7.81. The lowest BCUT2D eigenvalue weighted by molar-refractivity contribution is -0.145. The summed E-state index contributed by atoms with van der Waals surface area (Å²) in [6.07, 6.45) is 2.59. The normalized spacial score (nSPS) is 31.6. The van der Waals surface area contributed by atoms with Gasteiger partial charge in [0.25, 0.3) is 0 Å². The molecule has 0 radical (unpaired) electrons. The van der Waals surface area contributed by atoms with Crippen LogP contribution in [0, 0.1) is 29.1 Å². The quantitative estimate of drug-likeness (QED) is 0.455. The van der Waals surface area contributed by atoms with Gasteiger partial charge in [0.05, 0.1) is 36.0 Å². The highest BCUT2D eigenvalue weighted by molar-refractivity contribution is 6.24. The molecule has 2 aliphatic heterocycles. The summed E-state index contributed by atoms with van der Waals surface area (Å²) in [6, 6.07) is 13.8. The number of ether oxygens (including phenoxy) is 1. The second-order valence-electron chi connectivity index (χ2n) is 12.6. The van der Waals surface area contributed by atoms with E-state index in [1.165, 1.54) is 16.9 Å². The van der Waals surface area contributed by atoms with Gasteiger partial charge in [0.15, 0.2) is 0 Å². The van der Waals surface area contributed by atoms with E-state index in [0.29, 0.717) is 23.4 Å². The Morgan fingerprint density at radius 2 is 1.62 bits per heavy atom. The first-order valence-corrected chi connectivity index (χ1v) is 13.8. The molecule has 0 spiro atoms. The summed E-state index contributed by atoms with van der Waals surface area (Å²) in [5.74, 6) is -3.84. The molecule has 3 fully saturated rings. The maximum atomic E-state index is 14.4. The molecule has 0 unspecified atom stereocenters. The van der Waals surface area contributed by atoms with Gasteiger partial charge in [0, 0.05) is 17.0 Å². The first-order chi connectivity index (χ1) is 18.9. The topological polar surface area (TPSA) is 104 Å². The Kier molecular flexibility index (Phi) is 5.77. The van der Waals surface area contributed by atoms with Crippen LogP contribution in [0.25, 0.3) is 0 Å². The average Bonchev–Trinajstić information content (AvgIpc) is 3.29. The molecule has 2 aromatic rings. The van der Waals surface area contributed by atoms with Crippen molar-refractivity contribution >= 4 is 29.3 Å². The van der Waals surface area contributed by atoms with Crippen molar-refractivity contribution in [2.24, 2.45) is 29.1 Å². The third-order valence-electron chi connectivity index (χ3n) is 9.51. The lowest BCUT2D eigenvalue weighted by Crippen LogP contribution is -2.49. The molecule has 4 aliphatic rings. The number of hydrogen-bond acceptors (Lipinski definition) is 6. The number of benzene rings is 2. The summed E-state index contributed by atoms with van der Waals surface area (Å²) < 4.78 is 5.69. The van der Waals surface area contributed by atoms with Crippen molar-refractivity contribution in [2.45, 2.75) is 52.0 Å². The molecule has 208 valence electrons. The predicted octanol–water partition coefficient (Wildman–Crippen LogP) is 4.43. The second-order valence-corrected chi connectivity index (χ2v) is 12.6. The lowest BCUT2D eigenvalue weighted by Gasteiger charge is -2.49. The summed E-state index contributed by atoms with van der Waals surface area (Å²) in [6.45, 7) is 7.33. The van der Waals surface area contributed by atoms with E-state index < -0.39 is 40.5 Å². The third kappa shape index (κ3) is 3.37. The molecule has 1 saturated carbocycles. The molecule has 2 aromatic carbocycles. The van der Waals surface area contributed by atoms with Gasteiger partial charge in [-0.15, -0.1) is 0 Å². The Morgan fingerprint density at radius 3 is 2.27 bits per heavy atom. The van der Waals surface area contributed by atoms with Crippen LogP contribution in [0.15, 0.2) is 60.2 Å². The van der Waals surface area contributed by atoms with Crippen molar-refractivity contribution in [1.29, 1.82) is 0 Å². The van der Waals surface area contributed by atoms with Crippen molar-refractivity contribution in [2.75, 3.05) is 12.0 Å². The number of allylic oxidation sites excluding steroid dienone is 2. The van der Waals surface area contributed by atoms with E-state index in [4.69, 9.17) is 4.74 Å². The van der Waals surface area contributed by atoms with Gasteiger partial charge in [0.1, 0.15) is 11.5 Å². The fraction of sp³-hybridized carbons (Fsp3) is 0.438. The molecule has 2 aliphatic carbocycles. The molecule has 6 atom stereocenters. The SMILES string of the molecule is COc1cccc(O)c1[C@H]1C2=CC[C@@H]3C(=O)N(C(C)(C)C)C(=O)[C@@H]3[C@@H]2C[C@H]2C(=O)N(c3ccccc3)C(=O)[C@@]12C. The van der Waals surface area contributed by atoms with Crippen LogP contribution in [0.2, 0.25) is 0 Å². The molecule has 0 bridgehead atoms. The predicted molar refractivity (Wildman–Crippen MR) is 147 cm³/mol. The highest BCUT2D eigenvalue weighted by atomic mass is 16.5. The van der Waals surface area contributed by atoms with E-state index in [0.717, 1.165) is 5.57 Å². The smallest absolute Gasteiger partial charge is 0.241 e. The molecular formula is C32H34N2O6. The molecule has 2 saturated heterocycles. The van der Waals surface area contributed by atoms with Gasteiger partial charge < -0.3 is 9.84 Å². The number of aromatic hydroxyl groups is 1. The van der Waals surface area contributed by atoms with Gasteiger partial charge in [0.2, 0.25) is 23.6 Å². The number of imide groups is 2. The highest BCUT2D eigenvalue weighted by Gasteiger charge is 2.68. The Hall–Kier alpha value is -3.94. The first kappa shape index (κ1) is 26.3. The van der Waals surface area contributed by atoms with Crippen LogP contribution in [-0.2, 0) is 19.2 Å². The minimum absolute atomic E-state index is 0.0449. The number of phenols is 1. The number of hydrogen-bond donors (Lipinski definition) is 1. The summed E-state index contributed by atoms with van der Waals surface area (Å²) in [4.78, 5) is 58.6. The zero-order valence-corrected chi connectivity index (χ0v) is 23.4. The number of rotatable bonds is 3. The number of phenolic OH excluding ortho intramolecular Hbond substituents is 1. The summed E-state index contributed by atoms with van der Waals surface area (Å²) >= 11 is 0. The number of para-hydroxylation sites is 1. The minimum Gasteiger partial charge on any atom is -0.508 e. The van der Waals surface area contributed by atoms with E-state index in [1.807, 2.05) is 32.9 Å². The highest BCUT2D eigenvalue weighted by Crippen LogP contribution is 2.65. The van der Waals surface area contributed by atoms with Gasteiger partial charge in [-0.05, 0) is 70.7 Å². The average molecular weight is 543 g/mol.